The van der Waals surface area contributed by atoms with E-state index in [1.54, 1.807) is 0 Å². The van der Waals surface area contributed by atoms with Gasteiger partial charge in [0.05, 0.1) is 0 Å². The Kier molecular flexibility index (Phi) is 7.16. The number of ether oxygens (including phenoxy) is 1. The Morgan fingerprint density at radius 1 is 0.692 bits per heavy atom. The number of alkyl halides is 11. The van der Waals surface area contributed by atoms with Crippen LogP contribution in [-0.2, 0) is 4.74 Å². The van der Waals surface area contributed by atoms with Gasteiger partial charge >= 0.3 is 18.3 Å². The highest BCUT2D eigenvalue weighted by atomic mass is 19.4. The molecular weight excluding hydrogens is 395 g/mol. The van der Waals surface area contributed by atoms with Crippen LogP contribution in [0.4, 0.5) is 48.3 Å². The molecule has 156 valence electrons. The molecule has 1 aliphatic rings. The van der Waals surface area contributed by atoms with Gasteiger partial charge in [-0.3, -0.25) is 4.90 Å². The van der Waals surface area contributed by atoms with Crippen LogP contribution >= 0.6 is 0 Å². The zero-order valence-corrected chi connectivity index (χ0v) is 13.1. The number of rotatable bonds is 7. The van der Waals surface area contributed by atoms with Crippen molar-refractivity contribution in [2.75, 3.05) is 26.3 Å². The highest BCUT2D eigenvalue weighted by Crippen LogP contribution is 2.39. The normalized spacial score (nSPS) is 20.9. The Balaban J connectivity index is 2.78. The highest BCUT2D eigenvalue weighted by Gasteiger charge is 2.60. The predicted octanol–water partition coefficient (Wildman–Crippen LogP) is 4.59. The molecule has 0 N–H and O–H groups in total. The van der Waals surface area contributed by atoms with Gasteiger partial charge < -0.3 is 4.74 Å². The number of hydrogen-bond acceptors (Lipinski definition) is 2. The topological polar surface area (TPSA) is 12.5 Å². The smallest absolute Gasteiger partial charge is 0.369 e. The lowest BCUT2D eigenvalue weighted by molar-refractivity contribution is -0.274. The summed E-state index contributed by atoms with van der Waals surface area (Å²) in [6.07, 6.45) is -15.1. The molecule has 0 aromatic rings. The largest absolute Gasteiger partial charge is 0.425 e. The molecule has 13 heteroatoms. The number of likely N-dealkylation sites (tertiary alicyclic amines) is 1. The first-order valence-corrected chi connectivity index (χ1v) is 7.44. The monoisotopic (exact) mass is 411 g/mol. The molecule has 2 atom stereocenters. The average molecular weight is 411 g/mol. The van der Waals surface area contributed by atoms with E-state index in [1.807, 2.05) is 0 Å². The van der Waals surface area contributed by atoms with Crippen LogP contribution in [0.5, 0.6) is 0 Å². The summed E-state index contributed by atoms with van der Waals surface area (Å²) < 4.78 is 145. The van der Waals surface area contributed by atoms with Crippen molar-refractivity contribution in [2.45, 2.75) is 55.7 Å². The Hall–Kier alpha value is -0.850. The zero-order chi connectivity index (χ0) is 20.4. The molecule has 2 unspecified atom stereocenters. The quantitative estimate of drug-likeness (QED) is 0.569. The lowest BCUT2D eigenvalue weighted by Crippen LogP contribution is -2.59. The highest BCUT2D eigenvalue weighted by molar-refractivity contribution is 4.93. The van der Waals surface area contributed by atoms with Crippen molar-refractivity contribution in [3.05, 3.63) is 0 Å². The van der Waals surface area contributed by atoms with E-state index >= 15 is 0 Å². The maximum atomic E-state index is 13.9. The van der Waals surface area contributed by atoms with Crippen LogP contribution < -0.4 is 0 Å². The first-order valence-electron chi connectivity index (χ1n) is 7.44. The van der Waals surface area contributed by atoms with Gasteiger partial charge in [0.2, 0.25) is 0 Å². The summed E-state index contributed by atoms with van der Waals surface area (Å²) in [6.45, 7) is -5.28. The van der Waals surface area contributed by atoms with Crippen molar-refractivity contribution in [2.24, 2.45) is 0 Å². The molecule has 0 saturated carbocycles. The van der Waals surface area contributed by atoms with Crippen molar-refractivity contribution < 1.29 is 53.0 Å². The van der Waals surface area contributed by atoms with Gasteiger partial charge in [-0.25, -0.2) is 22.0 Å². The SMILES string of the molecule is FC(C(F)(F)F)C(F)(F)COCC(F)(F)C(N1CCCCC1)C(F)(F)F. The Morgan fingerprint density at radius 3 is 1.58 bits per heavy atom. The molecule has 0 aliphatic carbocycles. The van der Waals surface area contributed by atoms with Crippen LogP contribution in [0.25, 0.3) is 0 Å². The minimum Gasteiger partial charge on any atom is -0.369 e. The third-order valence-electron chi connectivity index (χ3n) is 3.71. The Labute approximate surface area is 141 Å². The average Bonchev–Trinajstić information content (AvgIpc) is 2.44. The molecule has 1 heterocycles. The van der Waals surface area contributed by atoms with Gasteiger partial charge in [0.25, 0.3) is 12.1 Å². The van der Waals surface area contributed by atoms with E-state index in [0.717, 1.165) is 0 Å². The molecule has 0 radical (unpaired) electrons. The van der Waals surface area contributed by atoms with Crippen molar-refractivity contribution >= 4 is 0 Å². The molecule has 0 aromatic heterocycles. The number of piperidine rings is 1. The summed E-state index contributed by atoms with van der Waals surface area (Å²) in [7, 11) is 0. The van der Waals surface area contributed by atoms with Gasteiger partial charge in [-0.05, 0) is 25.9 Å². The van der Waals surface area contributed by atoms with Crippen LogP contribution in [0.1, 0.15) is 19.3 Å². The summed E-state index contributed by atoms with van der Waals surface area (Å²) in [6, 6.07) is -3.34. The molecule has 1 aliphatic heterocycles. The lowest BCUT2D eigenvalue weighted by Gasteiger charge is -2.39. The fourth-order valence-corrected chi connectivity index (χ4v) is 2.60. The van der Waals surface area contributed by atoms with Crippen LogP contribution in [0.2, 0.25) is 0 Å². The van der Waals surface area contributed by atoms with Crippen molar-refractivity contribution in [3.8, 4) is 0 Å². The fourth-order valence-electron chi connectivity index (χ4n) is 2.60. The Morgan fingerprint density at radius 2 is 1.15 bits per heavy atom. The second-order valence-corrected chi connectivity index (χ2v) is 5.96. The molecular formula is C13H16F11NO. The van der Waals surface area contributed by atoms with Gasteiger partial charge in [-0.1, -0.05) is 6.42 Å². The maximum absolute atomic E-state index is 13.9. The van der Waals surface area contributed by atoms with E-state index in [2.05, 4.69) is 4.74 Å². The summed E-state index contributed by atoms with van der Waals surface area (Å²) >= 11 is 0. The maximum Gasteiger partial charge on any atom is 0.425 e. The second kappa shape index (κ2) is 8.03. The van der Waals surface area contributed by atoms with E-state index in [0.29, 0.717) is 11.3 Å². The van der Waals surface area contributed by atoms with E-state index in [9.17, 15) is 48.3 Å². The summed E-state index contributed by atoms with van der Waals surface area (Å²) in [5.41, 5.74) is 0. The third-order valence-corrected chi connectivity index (χ3v) is 3.71. The molecule has 1 fully saturated rings. The van der Waals surface area contributed by atoms with E-state index in [1.165, 1.54) is 0 Å². The molecule has 1 saturated heterocycles. The molecule has 1 rings (SSSR count). The first-order chi connectivity index (χ1) is 11.6. The van der Waals surface area contributed by atoms with E-state index in [-0.39, 0.29) is 25.9 Å². The number of hydrogen-bond donors (Lipinski definition) is 0. The summed E-state index contributed by atoms with van der Waals surface area (Å²) in [5.74, 6) is -9.93. The molecule has 2 nitrogen and oxygen atoms in total. The van der Waals surface area contributed by atoms with Gasteiger partial charge in [0, 0.05) is 0 Å². The lowest BCUT2D eigenvalue weighted by atomic mass is 10.0. The van der Waals surface area contributed by atoms with Crippen molar-refractivity contribution in [1.82, 2.24) is 4.90 Å². The number of halogens is 11. The number of nitrogens with zero attached hydrogens (tertiary/aromatic N) is 1. The van der Waals surface area contributed by atoms with Gasteiger partial charge in [-0.15, -0.1) is 0 Å². The third kappa shape index (κ3) is 6.10. The van der Waals surface area contributed by atoms with Gasteiger partial charge in [0.15, 0.2) is 6.04 Å². The van der Waals surface area contributed by atoms with E-state index in [4.69, 9.17) is 0 Å². The first kappa shape index (κ1) is 23.2. The van der Waals surface area contributed by atoms with Crippen LogP contribution in [0.3, 0.4) is 0 Å². The molecule has 0 aromatic carbocycles. The predicted molar refractivity (Wildman–Crippen MR) is 66.9 cm³/mol. The van der Waals surface area contributed by atoms with Gasteiger partial charge in [-0.2, -0.15) is 26.3 Å². The Bertz CT molecular complexity index is 442. The standard InChI is InChI=1S/C13H16F11NO/c14-8(12(19,20)21)10(15,16)6-26-7-11(17,18)9(13(22,23)24)25-4-2-1-3-5-25/h8-9H,1-7H2. The molecule has 0 bridgehead atoms. The summed E-state index contributed by atoms with van der Waals surface area (Å²) in [4.78, 5) is 0.429. The molecule has 0 spiro atoms. The minimum atomic E-state index is -5.97. The van der Waals surface area contributed by atoms with Crippen molar-refractivity contribution in [3.63, 3.8) is 0 Å². The van der Waals surface area contributed by atoms with Gasteiger partial charge in [0.1, 0.15) is 13.2 Å². The van der Waals surface area contributed by atoms with Crippen LogP contribution in [0, 0.1) is 0 Å². The summed E-state index contributed by atoms with van der Waals surface area (Å²) in [5, 5.41) is 0. The second-order valence-electron chi connectivity index (χ2n) is 5.96. The minimum absolute atomic E-state index is 0.219. The van der Waals surface area contributed by atoms with Crippen LogP contribution in [0.15, 0.2) is 0 Å². The molecule has 0 amide bonds. The molecule has 26 heavy (non-hydrogen) atoms. The van der Waals surface area contributed by atoms with Crippen molar-refractivity contribution in [1.29, 1.82) is 0 Å². The van der Waals surface area contributed by atoms with E-state index < -0.39 is 49.6 Å². The zero-order valence-electron chi connectivity index (χ0n) is 13.1. The van der Waals surface area contributed by atoms with Crippen LogP contribution in [-0.4, -0.2) is 67.6 Å². The fraction of sp³-hybridized carbons (Fsp3) is 1.00.